The van der Waals surface area contributed by atoms with E-state index in [1.165, 1.54) is 0 Å². The smallest absolute Gasteiger partial charge is 0.305 e. The number of aromatic nitrogens is 4. The highest BCUT2D eigenvalue weighted by atomic mass is 16.4. The lowest BCUT2D eigenvalue weighted by Gasteiger charge is -2.14. The summed E-state index contributed by atoms with van der Waals surface area (Å²) in [6, 6.07) is -0.207. The predicted octanol–water partition coefficient (Wildman–Crippen LogP) is 1.61. The molecule has 16 heavy (non-hydrogen) atoms. The minimum Gasteiger partial charge on any atom is -0.481 e. The Morgan fingerprint density at radius 3 is 2.75 bits per heavy atom. The largest absolute Gasteiger partial charge is 0.481 e. The van der Waals surface area contributed by atoms with Crippen LogP contribution in [-0.2, 0) is 4.79 Å². The fourth-order valence-corrected chi connectivity index (χ4v) is 1.74. The summed E-state index contributed by atoms with van der Waals surface area (Å²) < 4.78 is 1.62. The Bertz CT molecular complexity index is 350. The average Bonchev–Trinajstić information content (AvgIpc) is 2.65. The number of carboxylic acid groups (broad SMARTS) is 1. The second-order valence-corrected chi connectivity index (χ2v) is 4.12. The third-order valence-corrected chi connectivity index (χ3v) is 2.57. The monoisotopic (exact) mass is 226 g/mol. The van der Waals surface area contributed by atoms with Crippen molar-refractivity contribution in [1.82, 2.24) is 20.2 Å². The highest BCUT2D eigenvalue weighted by molar-refractivity contribution is 5.67. The molecular formula is C10H18N4O2. The molecule has 1 aromatic heterocycles. The molecule has 6 nitrogen and oxygen atoms in total. The zero-order chi connectivity index (χ0) is 12.1. The number of carbonyl (C=O) groups is 1. The Balaban J connectivity index is 2.80. The van der Waals surface area contributed by atoms with E-state index < -0.39 is 5.97 Å². The fourth-order valence-electron chi connectivity index (χ4n) is 1.74. The highest BCUT2D eigenvalue weighted by Gasteiger charge is 2.19. The third-order valence-electron chi connectivity index (χ3n) is 2.57. The van der Waals surface area contributed by atoms with Crippen molar-refractivity contribution in [1.29, 1.82) is 0 Å². The van der Waals surface area contributed by atoms with Gasteiger partial charge in [0.2, 0.25) is 0 Å². The number of hydrogen-bond acceptors (Lipinski definition) is 4. The summed E-state index contributed by atoms with van der Waals surface area (Å²) in [6.07, 6.45) is 2.10. The first-order valence-electron chi connectivity index (χ1n) is 5.55. The normalized spacial score (nSPS) is 14.7. The van der Waals surface area contributed by atoms with Gasteiger partial charge in [0.1, 0.15) is 0 Å². The quantitative estimate of drug-likeness (QED) is 0.797. The molecule has 1 rings (SSSR count). The van der Waals surface area contributed by atoms with E-state index in [2.05, 4.69) is 29.4 Å². The van der Waals surface area contributed by atoms with Crippen LogP contribution < -0.4 is 0 Å². The van der Waals surface area contributed by atoms with Gasteiger partial charge >= 0.3 is 5.97 Å². The van der Waals surface area contributed by atoms with E-state index in [1.807, 2.05) is 6.92 Å². The molecule has 0 saturated carbocycles. The van der Waals surface area contributed by atoms with E-state index in [9.17, 15) is 4.79 Å². The summed E-state index contributed by atoms with van der Waals surface area (Å²) in [5.74, 6) is 0.198. The lowest BCUT2D eigenvalue weighted by atomic mass is 10.1. The van der Waals surface area contributed by atoms with Gasteiger partial charge in [0.15, 0.2) is 5.82 Å². The third kappa shape index (κ3) is 3.01. The van der Waals surface area contributed by atoms with Crippen LogP contribution in [0.4, 0.5) is 0 Å². The lowest BCUT2D eigenvalue weighted by Crippen LogP contribution is -2.16. The first-order valence-corrected chi connectivity index (χ1v) is 5.55. The molecule has 0 aliphatic heterocycles. The maximum atomic E-state index is 10.6. The lowest BCUT2D eigenvalue weighted by molar-refractivity contribution is -0.137. The zero-order valence-corrected chi connectivity index (χ0v) is 9.92. The standard InChI is InChI=1S/C10H18N4O2/c1-4-5-7(2)10-11-12-13-14(10)8(3)6-9(15)16/h7-8H,4-6H2,1-3H3,(H,15,16). The number of hydrogen-bond donors (Lipinski definition) is 1. The molecule has 0 spiro atoms. The fraction of sp³-hybridized carbons (Fsp3) is 0.800. The van der Waals surface area contributed by atoms with Gasteiger partial charge in [-0.2, -0.15) is 0 Å². The molecule has 0 aromatic carbocycles. The topological polar surface area (TPSA) is 80.9 Å². The number of aliphatic carboxylic acids is 1. The van der Waals surface area contributed by atoms with Crippen LogP contribution in [0.2, 0.25) is 0 Å². The van der Waals surface area contributed by atoms with Crippen molar-refractivity contribution in [3.8, 4) is 0 Å². The van der Waals surface area contributed by atoms with Crippen molar-refractivity contribution in [3.05, 3.63) is 5.82 Å². The van der Waals surface area contributed by atoms with Crippen LogP contribution in [0.15, 0.2) is 0 Å². The Kier molecular flexibility index (Phi) is 4.39. The Morgan fingerprint density at radius 1 is 1.50 bits per heavy atom. The highest BCUT2D eigenvalue weighted by Crippen LogP contribution is 2.21. The molecule has 90 valence electrons. The van der Waals surface area contributed by atoms with Crippen LogP contribution in [0.5, 0.6) is 0 Å². The van der Waals surface area contributed by atoms with Gasteiger partial charge in [0.25, 0.3) is 0 Å². The summed E-state index contributed by atoms with van der Waals surface area (Å²) in [4.78, 5) is 10.6. The van der Waals surface area contributed by atoms with E-state index in [-0.39, 0.29) is 18.4 Å². The van der Waals surface area contributed by atoms with E-state index in [0.717, 1.165) is 18.7 Å². The summed E-state index contributed by atoms with van der Waals surface area (Å²) in [6.45, 7) is 5.97. The van der Waals surface area contributed by atoms with Gasteiger partial charge in [-0.15, -0.1) is 5.10 Å². The maximum absolute atomic E-state index is 10.6. The van der Waals surface area contributed by atoms with Crippen molar-refractivity contribution >= 4 is 5.97 Å². The molecule has 0 aliphatic rings. The van der Waals surface area contributed by atoms with Crippen molar-refractivity contribution in [3.63, 3.8) is 0 Å². The van der Waals surface area contributed by atoms with Gasteiger partial charge < -0.3 is 5.11 Å². The molecule has 0 fully saturated rings. The van der Waals surface area contributed by atoms with Crippen LogP contribution in [0.1, 0.15) is 57.8 Å². The van der Waals surface area contributed by atoms with Gasteiger partial charge in [0, 0.05) is 5.92 Å². The molecule has 1 N–H and O–H groups in total. The molecule has 0 saturated heterocycles. The number of rotatable bonds is 6. The van der Waals surface area contributed by atoms with Gasteiger partial charge in [-0.05, 0) is 23.8 Å². The Morgan fingerprint density at radius 2 is 2.19 bits per heavy atom. The van der Waals surface area contributed by atoms with Crippen molar-refractivity contribution in [2.24, 2.45) is 0 Å². The van der Waals surface area contributed by atoms with Crippen molar-refractivity contribution in [2.45, 2.75) is 52.0 Å². The first kappa shape index (κ1) is 12.6. The minimum absolute atomic E-state index is 0.0386. The zero-order valence-electron chi connectivity index (χ0n) is 9.92. The molecular weight excluding hydrogens is 208 g/mol. The first-order chi connectivity index (χ1) is 7.56. The van der Waals surface area contributed by atoms with Crippen LogP contribution in [0.25, 0.3) is 0 Å². The predicted molar refractivity (Wildman–Crippen MR) is 58.1 cm³/mol. The Labute approximate surface area is 94.7 Å². The molecule has 0 aliphatic carbocycles. The SMILES string of the molecule is CCCC(C)c1nnnn1C(C)CC(=O)O. The van der Waals surface area contributed by atoms with Crippen LogP contribution in [0.3, 0.4) is 0 Å². The molecule has 2 unspecified atom stereocenters. The summed E-state index contributed by atoms with van der Waals surface area (Å²) in [7, 11) is 0. The summed E-state index contributed by atoms with van der Waals surface area (Å²) in [5, 5.41) is 20.2. The van der Waals surface area contributed by atoms with Gasteiger partial charge in [-0.1, -0.05) is 20.3 Å². The number of nitrogens with zero attached hydrogens (tertiary/aromatic N) is 4. The van der Waals surface area contributed by atoms with E-state index >= 15 is 0 Å². The molecule has 0 radical (unpaired) electrons. The second kappa shape index (κ2) is 5.58. The van der Waals surface area contributed by atoms with Crippen LogP contribution in [0, 0.1) is 0 Å². The molecule has 0 amide bonds. The van der Waals surface area contributed by atoms with Crippen LogP contribution in [-0.4, -0.2) is 31.3 Å². The second-order valence-electron chi connectivity index (χ2n) is 4.12. The van der Waals surface area contributed by atoms with Gasteiger partial charge in [-0.25, -0.2) is 4.68 Å². The van der Waals surface area contributed by atoms with Gasteiger partial charge in [0.05, 0.1) is 12.5 Å². The summed E-state index contributed by atoms with van der Waals surface area (Å²) in [5.41, 5.74) is 0. The van der Waals surface area contributed by atoms with E-state index in [4.69, 9.17) is 5.11 Å². The molecule has 0 bridgehead atoms. The van der Waals surface area contributed by atoms with Gasteiger partial charge in [-0.3, -0.25) is 4.79 Å². The molecule has 1 heterocycles. The number of tetrazole rings is 1. The molecule has 2 atom stereocenters. The van der Waals surface area contributed by atoms with Crippen molar-refractivity contribution in [2.75, 3.05) is 0 Å². The molecule has 1 aromatic rings. The maximum Gasteiger partial charge on any atom is 0.305 e. The Hall–Kier alpha value is -1.46. The average molecular weight is 226 g/mol. The van der Waals surface area contributed by atoms with Crippen LogP contribution >= 0.6 is 0 Å². The summed E-state index contributed by atoms with van der Waals surface area (Å²) >= 11 is 0. The minimum atomic E-state index is -0.836. The van der Waals surface area contributed by atoms with E-state index in [0.29, 0.717) is 0 Å². The molecule has 6 heteroatoms. The van der Waals surface area contributed by atoms with E-state index in [1.54, 1.807) is 4.68 Å². The number of carboxylic acids is 1. The van der Waals surface area contributed by atoms with Crippen molar-refractivity contribution < 1.29 is 9.90 Å².